The predicted octanol–water partition coefficient (Wildman–Crippen LogP) is 17.0. The van der Waals surface area contributed by atoms with Crippen LogP contribution in [0.15, 0.2) is 241 Å². The Hall–Kier alpha value is -8.46. The SMILES string of the molecule is c1ccc(N(c2ccc(-c3ccc4ccccc4c3)cc2)c2cccc3c2-c2ccccc2C32c3ccccc3-c3ccccc32)c(-c2ccc3c(c2)oc2c4ccccc4ccc32)c1. The first-order valence-corrected chi connectivity index (χ1v) is 22.5. The molecule has 14 rings (SSSR count). The number of para-hydroxylation sites is 1. The van der Waals surface area contributed by atoms with Crippen LogP contribution in [0.4, 0.5) is 17.1 Å². The quantitative estimate of drug-likeness (QED) is 0.172. The van der Waals surface area contributed by atoms with E-state index in [9.17, 15) is 0 Å². The van der Waals surface area contributed by atoms with Gasteiger partial charge in [0.05, 0.1) is 16.8 Å². The minimum atomic E-state index is -0.462. The summed E-state index contributed by atoms with van der Waals surface area (Å²) in [4.78, 5) is 2.50. The molecule has 0 radical (unpaired) electrons. The first kappa shape index (κ1) is 36.1. The lowest BCUT2D eigenvalue weighted by Crippen LogP contribution is -2.26. The van der Waals surface area contributed by atoms with Crippen molar-refractivity contribution in [1.82, 2.24) is 0 Å². The Morgan fingerprint density at radius 1 is 0.323 bits per heavy atom. The van der Waals surface area contributed by atoms with Crippen LogP contribution in [-0.2, 0) is 5.41 Å². The van der Waals surface area contributed by atoms with Gasteiger partial charge in [0.1, 0.15) is 11.2 Å². The van der Waals surface area contributed by atoms with Gasteiger partial charge in [-0.2, -0.15) is 0 Å². The van der Waals surface area contributed by atoms with Gasteiger partial charge in [-0.3, -0.25) is 0 Å². The molecule has 1 aromatic heterocycles. The average molecular weight is 826 g/mol. The lowest BCUT2D eigenvalue weighted by atomic mass is 9.70. The Morgan fingerprint density at radius 2 is 0.877 bits per heavy atom. The van der Waals surface area contributed by atoms with Crippen LogP contribution in [0.2, 0.25) is 0 Å². The number of furan rings is 1. The third kappa shape index (κ3) is 5.11. The summed E-state index contributed by atoms with van der Waals surface area (Å²) in [6.07, 6.45) is 0. The van der Waals surface area contributed by atoms with Crippen LogP contribution in [0.25, 0.3) is 88.0 Å². The van der Waals surface area contributed by atoms with Crippen molar-refractivity contribution in [3.05, 3.63) is 259 Å². The molecule has 2 aliphatic carbocycles. The van der Waals surface area contributed by atoms with Crippen LogP contribution in [0.3, 0.4) is 0 Å². The van der Waals surface area contributed by atoms with Gasteiger partial charge < -0.3 is 9.32 Å². The van der Waals surface area contributed by atoms with E-state index in [1.807, 2.05) is 0 Å². The lowest BCUT2D eigenvalue weighted by molar-refractivity contribution is 0.673. The second-order valence-electron chi connectivity index (χ2n) is 17.5. The standard InChI is InChI=1S/C63H39NO/c1-2-16-43-38-44(29-28-40(43)14-1)41-30-34-46(35-31-41)64(58-26-12-8-17-47(58)45-33-36-51-52-37-32-42-15-3-4-18-48(42)62(52)65-60(51)39-45)59-27-13-25-57-61(59)53-21-7-11-24-56(53)63(57)54-22-9-5-19-49(54)50-20-6-10-23-55(50)63/h1-39H. The number of anilines is 3. The van der Waals surface area contributed by atoms with Crippen LogP contribution < -0.4 is 4.90 Å². The zero-order chi connectivity index (χ0) is 42.6. The van der Waals surface area contributed by atoms with Crippen molar-refractivity contribution in [2.24, 2.45) is 0 Å². The number of nitrogens with zero attached hydrogens (tertiary/aromatic N) is 1. The monoisotopic (exact) mass is 825 g/mol. The highest BCUT2D eigenvalue weighted by atomic mass is 16.3. The molecule has 0 bridgehead atoms. The molecular formula is C63H39NO. The molecule has 2 aliphatic rings. The minimum absolute atomic E-state index is 0.462. The van der Waals surface area contributed by atoms with Crippen molar-refractivity contribution in [2.45, 2.75) is 5.41 Å². The maximum absolute atomic E-state index is 6.78. The van der Waals surface area contributed by atoms with E-state index in [1.165, 1.54) is 71.8 Å². The molecule has 302 valence electrons. The number of rotatable bonds is 5. The van der Waals surface area contributed by atoms with Gasteiger partial charge in [0.15, 0.2) is 0 Å². The topological polar surface area (TPSA) is 16.4 Å². The zero-order valence-corrected chi connectivity index (χ0v) is 35.4. The molecule has 0 amide bonds. The molecule has 1 heterocycles. The molecule has 0 atom stereocenters. The van der Waals surface area contributed by atoms with E-state index in [1.54, 1.807) is 0 Å². The Labute approximate surface area is 376 Å². The first-order chi connectivity index (χ1) is 32.2. The largest absolute Gasteiger partial charge is 0.455 e. The smallest absolute Gasteiger partial charge is 0.143 e. The van der Waals surface area contributed by atoms with Gasteiger partial charge in [-0.15, -0.1) is 0 Å². The fraction of sp³-hybridized carbons (Fsp3) is 0.0159. The molecule has 0 unspecified atom stereocenters. The van der Waals surface area contributed by atoms with E-state index in [4.69, 9.17) is 4.42 Å². The summed E-state index contributed by atoms with van der Waals surface area (Å²) in [5.74, 6) is 0. The van der Waals surface area contributed by atoms with Crippen LogP contribution in [0.1, 0.15) is 22.3 Å². The molecule has 0 N–H and O–H groups in total. The molecule has 0 saturated heterocycles. The van der Waals surface area contributed by atoms with Crippen molar-refractivity contribution in [2.75, 3.05) is 4.90 Å². The summed E-state index contributed by atoms with van der Waals surface area (Å²) in [6, 6.07) is 87.1. The molecule has 0 aliphatic heterocycles. The Bertz CT molecular complexity index is 3860. The van der Waals surface area contributed by atoms with Crippen molar-refractivity contribution < 1.29 is 4.42 Å². The fourth-order valence-electron chi connectivity index (χ4n) is 11.5. The van der Waals surface area contributed by atoms with Gasteiger partial charge in [-0.25, -0.2) is 0 Å². The van der Waals surface area contributed by atoms with Crippen LogP contribution in [0, 0.1) is 0 Å². The second kappa shape index (κ2) is 13.8. The first-order valence-electron chi connectivity index (χ1n) is 22.5. The third-order valence-electron chi connectivity index (χ3n) is 14.3. The molecule has 2 heteroatoms. The highest BCUT2D eigenvalue weighted by Gasteiger charge is 2.52. The average Bonchev–Trinajstić information content (AvgIpc) is 4.01. The second-order valence-corrected chi connectivity index (χ2v) is 17.5. The van der Waals surface area contributed by atoms with E-state index in [2.05, 4.69) is 241 Å². The van der Waals surface area contributed by atoms with Crippen molar-refractivity contribution in [3.63, 3.8) is 0 Å². The minimum Gasteiger partial charge on any atom is -0.455 e. The van der Waals surface area contributed by atoms with E-state index < -0.39 is 5.41 Å². The van der Waals surface area contributed by atoms with E-state index in [0.29, 0.717) is 0 Å². The van der Waals surface area contributed by atoms with Crippen LogP contribution in [-0.4, -0.2) is 0 Å². The van der Waals surface area contributed by atoms with Gasteiger partial charge >= 0.3 is 0 Å². The Morgan fingerprint density at radius 3 is 1.66 bits per heavy atom. The number of fused-ring (bicyclic) bond motifs is 16. The van der Waals surface area contributed by atoms with Crippen molar-refractivity contribution in [3.8, 4) is 44.5 Å². The summed E-state index contributed by atoms with van der Waals surface area (Å²) >= 11 is 0. The third-order valence-corrected chi connectivity index (χ3v) is 14.3. The van der Waals surface area contributed by atoms with Gasteiger partial charge in [-0.05, 0) is 120 Å². The van der Waals surface area contributed by atoms with Gasteiger partial charge in [-0.1, -0.05) is 188 Å². The van der Waals surface area contributed by atoms with E-state index in [-0.39, 0.29) is 0 Å². The maximum atomic E-state index is 6.78. The van der Waals surface area contributed by atoms with Gasteiger partial charge in [0.25, 0.3) is 0 Å². The number of hydrogen-bond acceptors (Lipinski definition) is 2. The summed E-state index contributed by atoms with van der Waals surface area (Å²) in [7, 11) is 0. The molecule has 0 fully saturated rings. The fourth-order valence-corrected chi connectivity index (χ4v) is 11.5. The predicted molar refractivity (Wildman–Crippen MR) is 271 cm³/mol. The summed E-state index contributed by atoms with van der Waals surface area (Å²) < 4.78 is 6.78. The maximum Gasteiger partial charge on any atom is 0.143 e. The number of hydrogen-bond donors (Lipinski definition) is 0. The molecule has 2 nitrogen and oxygen atoms in total. The number of benzene rings is 11. The Kier molecular flexibility index (Phi) is 7.64. The van der Waals surface area contributed by atoms with Crippen molar-refractivity contribution in [1.29, 1.82) is 0 Å². The normalized spacial score (nSPS) is 13.0. The highest BCUT2D eigenvalue weighted by Crippen LogP contribution is 2.65. The molecule has 1 spiro atoms. The lowest BCUT2D eigenvalue weighted by Gasteiger charge is -2.32. The molecule has 65 heavy (non-hydrogen) atoms. The highest BCUT2D eigenvalue weighted by molar-refractivity contribution is 6.15. The van der Waals surface area contributed by atoms with Crippen LogP contribution in [0.5, 0.6) is 0 Å². The van der Waals surface area contributed by atoms with Crippen LogP contribution >= 0.6 is 0 Å². The molecule has 0 saturated carbocycles. The molecule has 11 aromatic carbocycles. The van der Waals surface area contributed by atoms with E-state index >= 15 is 0 Å². The van der Waals surface area contributed by atoms with E-state index in [0.717, 1.165) is 55.5 Å². The van der Waals surface area contributed by atoms with Gasteiger partial charge in [0.2, 0.25) is 0 Å². The molecule has 12 aromatic rings. The zero-order valence-electron chi connectivity index (χ0n) is 35.4. The molecular weight excluding hydrogens is 787 g/mol. The summed E-state index contributed by atoms with van der Waals surface area (Å²) in [5.41, 5.74) is 19.7. The van der Waals surface area contributed by atoms with Crippen molar-refractivity contribution >= 4 is 60.5 Å². The summed E-state index contributed by atoms with van der Waals surface area (Å²) in [5, 5.41) is 7.04. The Balaban J connectivity index is 1.01. The summed E-state index contributed by atoms with van der Waals surface area (Å²) in [6.45, 7) is 0. The van der Waals surface area contributed by atoms with Gasteiger partial charge in [0, 0.05) is 33.0 Å².